The molecular formula is C13H10FNO3. The first-order valence-electron chi connectivity index (χ1n) is 5.26. The van der Waals surface area contributed by atoms with E-state index in [1.54, 1.807) is 0 Å². The van der Waals surface area contributed by atoms with E-state index in [1.807, 2.05) is 0 Å². The lowest BCUT2D eigenvalue weighted by molar-refractivity contribution is -0.384. The Bertz CT molecular complexity index is 551. The SMILES string of the molecule is O=[N+]([O-])c1ccc(C(O)c2ccc(F)cc2)cc1. The molecule has 0 radical (unpaired) electrons. The summed E-state index contributed by atoms with van der Waals surface area (Å²) in [7, 11) is 0. The summed E-state index contributed by atoms with van der Waals surface area (Å²) in [6.07, 6.45) is -0.925. The molecule has 0 bridgehead atoms. The van der Waals surface area contributed by atoms with Gasteiger partial charge in [0.2, 0.25) is 0 Å². The van der Waals surface area contributed by atoms with Gasteiger partial charge in [-0.15, -0.1) is 0 Å². The topological polar surface area (TPSA) is 63.4 Å². The van der Waals surface area contributed by atoms with E-state index < -0.39 is 11.0 Å². The maximum Gasteiger partial charge on any atom is 0.269 e. The third-order valence-corrected chi connectivity index (χ3v) is 2.61. The van der Waals surface area contributed by atoms with Crippen molar-refractivity contribution in [2.45, 2.75) is 6.10 Å². The van der Waals surface area contributed by atoms with E-state index in [0.29, 0.717) is 11.1 Å². The van der Waals surface area contributed by atoms with Crippen molar-refractivity contribution in [3.8, 4) is 0 Å². The van der Waals surface area contributed by atoms with Crippen LogP contribution in [0.4, 0.5) is 10.1 Å². The molecule has 0 fully saturated rings. The van der Waals surface area contributed by atoms with E-state index in [4.69, 9.17) is 0 Å². The Morgan fingerprint density at radius 3 is 1.89 bits per heavy atom. The predicted molar refractivity (Wildman–Crippen MR) is 63.6 cm³/mol. The van der Waals surface area contributed by atoms with Gasteiger partial charge >= 0.3 is 0 Å². The first kappa shape index (κ1) is 12.2. The lowest BCUT2D eigenvalue weighted by Gasteiger charge is -2.10. The molecule has 0 saturated heterocycles. The maximum absolute atomic E-state index is 12.7. The third kappa shape index (κ3) is 2.52. The maximum atomic E-state index is 12.7. The summed E-state index contributed by atoms with van der Waals surface area (Å²) in [5.41, 5.74) is 1.02. The molecular weight excluding hydrogens is 237 g/mol. The van der Waals surface area contributed by atoms with Gasteiger partial charge in [-0.05, 0) is 35.4 Å². The van der Waals surface area contributed by atoms with Gasteiger partial charge in [0.05, 0.1) is 4.92 Å². The number of nitrogens with zero attached hydrogens (tertiary/aromatic N) is 1. The molecule has 0 saturated carbocycles. The van der Waals surface area contributed by atoms with Crippen molar-refractivity contribution in [3.63, 3.8) is 0 Å². The summed E-state index contributed by atoms with van der Waals surface area (Å²) in [5.74, 6) is -0.380. The fourth-order valence-electron chi connectivity index (χ4n) is 1.62. The molecule has 0 aliphatic rings. The fourth-order valence-corrected chi connectivity index (χ4v) is 1.62. The highest BCUT2D eigenvalue weighted by Gasteiger charge is 2.12. The van der Waals surface area contributed by atoms with E-state index in [-0.39, 0.29) is 11.5 Å². The fraction of sp³-hybridized carbons (Fsp3) is 0.0769. The second-order valence-electron chi connectivity index (χ2n) is 3.80. The second-order valence-corrected chi connectivity index (χ2v) is 3.80. The smallest absolute Gasteiger partial charge is 0.269 e. The molecule has 5 heteroatoms. The molecule has 0 amide bonds. The van der Waals surface area contributed by atoms with Crippen LogP contribution in [0, 0.1) is 15.9 Å². The van der Waals surface area contributed by atoms with Crippen LogP contribution in [0.1, 0.15) is 17.2 Å². The molecule has 92 valence electrons. The van der Waals surface area contributed by atoms with Crippen LogP contribution in [0.2, 0.25) is 0 Å². The van der Waals surface area contributed by atoms with Crippen LogP contribution in [0.3, 0.4) is 0 Å². The summed E-state index contributed by atoms with van der Waals surface area (Å²) >= 11 is 0. The first-order chi connectivity index (χ1) is 8.58. The Morgan fingerprint density at radius 2 is 1.44 bits per heavy atom. The number of non-ortho nitro benzene ring substituents is 1. The third-order valence-electron chi connectivity index (χ3n) is 2.61. The van der Waals surface area contributed by atoms with E-state index >= 15 is 0 Å². The zero-order valence-corrected chi connectivity index (χ0v) is 9.29. The molecule has 2 aromatic rings. The number of nitro groups is 1. The van der Waals surface area contributed by atoms with Gasteiger partial charge in [-0.25, -0.2) is 4.39 Å². The highest BCUT2D eigenvalue weighted by Crippen LogP contribution is 2.23. The van der Waals surface area contributed by atoms with Gasteiger partial charge in [-0.1, -0.05) is 12.1 Å². The molecule has 0 aliphatic carbocycles. The van der Waals surface area contributed by atoms with E-state index in [2.05, 4.69) is 0 Å². The van der Waals surface area contributed by atoms with Crippen LogP contribution in [0.5, 0.6) is 0 Å². The van der Waals surface area contributed by atoms with Crippen molar-refractivity contribution in [2.75, 3.05) is 0 Å². The van der Waals surface area contributed by atoms with Gasteiger partial charge in [0.15, 0.2) is 0 Å². The van der Waals surface area contributed by atoms with Crippen LogP contribution >= 0.6 is 0 Å². The Morgan fingerprint density at radius 1 is 1.00 bits per heavy atom. The highest BCUT2D eigenvalue weighted by atomic mass is 19.1. The van der Waals surface area contributed by atoms with Gasteiger partial charge in [-0.3, -0.25) is 10.1 Å². The summed E-state index contributed by atoms with van der Waals surface area (Å²) in [5, 5.41) is 20.5. The summed E-state index contributed by atoms with van der Waals surface area (Å²) in [6.45, 7) is 0. The number of hydrogen-bond acceptors (Lipinski definition) is 3. The summed E-state index contributed by atoms with van der Waals surface area (Å²) < 4.78 is 12.7. The average molecular weight is 247 g/mol. The van der Waals surface area contributed by atoms with Gasteiger partial charge < -0.3 is 5.11 Å². The Hall–Kier alpha value is -2.27. The van der Waals surface area contributed by atoms with Crippen molar-refractivity contribution < 1.29 is 14.4 Å². The van der Waals surface area contributed by atoms with Crippen LogP contribution in [0.25, 0.3) is 0 Å². The molecule has 4 nitrogen and oxygen atoms in total. The molecule has 0 spiro atoms. The number of aliphatic hydroxyl groups excluding tert-OH is 1. The molecule has 1 unspecified atom stereocenters. The van der Waals surface area contributed by atoms with Crippen LogP contribution in [-0.2, 0) is 0 Å². The van der Waals surface area contributed by atoms with Crippen LogP contribution in [-0.4, -0.2) is 10.0 Å². The zero-order valence-electron chi connectivity index (χ0n) is 9.29. The standard InChI is InChI=1S/C13H10FNO3/c14-11-5-1-9(2-6-11)13(16)10-3-7-12(8-4-10)15(17)18/h1-8,13,16H. The highest BCUT2D eigenvalue weighted by molar-refractivity contribution is 5.37. The van der Waals surface area contributed by atoms with Crippen molar-refractivity contribution in [3.05, 3.63) is 75.6 Å². The monoisotopic (exact) mass is 247 g/mol. The molecule has 2 aromatic carbocycles. The predicted octanol–water partition coefficient (Wildman–Crippen LogP) is 2.82. The Balaban J connectivity index is 2.25. The van der Waals surface area contributed by atoms with Gasteiger partial charge in [0, 0.05) is 12.1 Å². The van der Waals surface area contributed by atoms with Gasteiger partial charge in [0.1, 0.15) is 11.9 Å². The molecule has 0 heterocycles. The summed E-state index contributed by atoms with van der Waals surface area (Å²) in [6, 6.07) is 11.1. The number of hydrogen-bond donors (Lipinski definition) is 1. The minimum atomic E-state index is -0.925. The van der Waals surface area contributed by atoms with E-state index in [0.717, 1.165) is 0 Å². The number of benzene rings is 2. The lowest BCUT2D eigenvalue weighted by atomic mass is 10.0. The number of halogens is 1. The largest absolute Gasteiger partial charge is 0.384 e. The Labute approximate surface area is 102 Å². The average Bonchev–Trinajstić information content (AvgIpc) is 2.39. The summed E-state index contributed by atoms with van der Waals surface area (Å²) in [4.78, 5) is 9.99. The first-order valence-corrected chi connectivity index (χ1v) is 5.26. The van der Waals surface area contributed by atoms with E-state index in [1.165, 1.54) is 48.5 Å². The minimum Gasteiger partial charge on any atom is -0.384 e. The molecule has 0 aliphatic heterocycles. The van der Waals surface area contributed by atoms with Crippen molar-refractivity contribution >= 4 is 5.69 Å². The van der Waals surface area contributed by atoms with Crippen LogP contribution < -0.4 is 0 Å². The molecule has 2 rings (SSSR count). The van der Waals surface area contributed by atoms with Gasteiger partial charge in [0.25, 0.3) is 5.69 Å². The molecule has 1 atom stereocenters. The minimum absolute atomic E-state index is 0.0370. The molecule has 18 heavy (non-hydrogen) atoms. The lowest BCUT2D eigenvalue weighted by Crippen LogP contribution is -1.99. The normalized spacial score (nSPS) is 12.1. The Kier molecular flexibility index (Phi) is 3.34. The number of rotatable bonds is 3. The number of nitro benzene ring substituents is 1. The van der Waals surface area contributed by atoms with Crippen molar-refractivity contribution in [1.82, 2.24) is 0 Å². The van der Waals surface area contributed by atoms with E-state index in [9.17, 15) is 19.6 Å². The number of aliphatic hydroxyl groups is 1. The zero-order chi connectivity index (χ0) is 13.1. The van der Waals surface area contributed by atoms with Gasteiger partial charge in [-0.2, -0.15) is 0 Å². The van der Waals surface area contributed by atoms with Crippen molar-refractivity contribution in [2.24, 2.45) is 0 Å². The molecule has 0 aromatic heterocycles. The van der Waals surface area contributed by atoms with Crippen LogP contribution in [0.15, 0.2) is 48.5 Å². The van der Waals surface area contributed by atoms with Crippen molar-refractivity contribution in [1.29, 1.82) is 0 Å². The quantitative estimate of drug-likeness (QED) is 0.670. The molecule has 1 N–H and O–H groups in total. The second kappa shape index (κ2) is 4.93.